The molecule has 0 radical (unpaired) electrons. The van der Waals surface area contributed by atoms with Crippen molar-refractivity contribution in [3.05, 3.63) is 64.2 Å². The largest absolute Gasteiger partial charge is 0.322 e. The lowest BCUT2D eigenvalue weighted by Gasteiger charge is -2.17. The van der Waals surface area contributed by atoms with E-state index in [-0.39, 0.29) is 11.4 Å². The fourth-order valence-electron chi connectivity index (χ4n) is 2.60. The average molecular weight is 361 g/mol. The number of sulfonamides is 1. The monoisotopic (exact) mass is 361 g/mol. The van der Waals surface area contributed by atoms with E-state index in [2.05, 4.69) is 5.32 Å². The molecule has 1 heterocycles. The van der Waals surface area contributed by atoms with E-state index in [9.17, 15) is 23.3 Å². The van der Waals surface area contributed by atoms with Crippen LogP contribution in [-0.2, 0) is 10.0 Å². The minimum Gasteiger partial charge on any atom is -0.322 e. The van der Waals surface area contributed by atoms with Crippen LogP contribution < -0.4 is 9.62 Å². The second-order valence-electron chi connectivity index (χ2n) is 5.55. The molecule has 0 spiro atoms. The summed E-state index contributed by atoms with van der Waals surface area (Å²) in [5.41, 5.74) is 1.10. The summed E-state index contributed by atoms with van der Waals surface area (Å²) >= 11 is 0. The van der Waals surface area contributed by atoms with Gasteiger partial charge in [-0.2, -0.15) is 0 Å². The van der Waals surface area contributed by atoms with Crippen LogP contribution in [0.2, 0.25) is 0 Å². The lowest BCUT2D eigenvalue weighted by atomic mass is 10.1. The van der Waals surface area contributed by atoms with Gasteiger partial charge in [-0.3, -0.25) is 19.2 Å². The highest BCUT2D eigenvalue weighted by molar-refractivity contribution is 7.93. The third-order valence-electron chi connectivity index (χ3n) is 3.83. The number of benzene rings is 2. The smallest absolute Gasteiger partial charge is 0.269 e. The van der Waals surface area contributed by atoms with E-state index in [1.807, 2.05) is 0 Å². The maximum Gasteiger partial charge on any atom is 0.269 e. The van der Waals surface area contributed by atoms with Crippen molar-refractivity contribution in [2.24, 2.45) is 0 Å². The molecular weight excluding hydrogens is 346 g/mol. The van der Waals surface area contributed by atoms with Crippen molar-refractivity contribution < 1.29 is 18.1 Å². The van der Waals surface area contributed by atoms with Crippen LogP contribution in [0.1, 0.15) is 16.8 Å². The van der Waals surface area contributed by atoms with Gasteiger partial charge in [0, 0.05) is 29.9 Å². The van der Waals surface area contributed by atoms with Crippen molar-refractivity contribution in [1.29, 1.82) is 0 Å². The number of nitrogens with zero attached hydrogens (tertiary/aromatic N) is 2. The van der Waals surface area contributed by atoms with Crippen molar-refractivity contribution in [2.45, 2.75) is 6.42 Å². The predicted octanol–water partition coefficient (Wildman–Crippen LogP) is 2.39. The van der Waals surface area contributed by atoms with Gasteiger partial charge in [0.15, 0.2) is 0 Å². The van der Waals surface area contributed by atoms with Crippen LogP contribution in [-0.4, -0.2) is 31.5 Å². The predicted molar refractivity (Wildman–Crippen MR) is 93.2 cm³/mol. The Kier molecular flexibility index (Phi) is 4.41. The van der Waals surface area contributed by atoms with E-state index in [1.165, 1.54) is 34.6 Å². The number of amides is 1. The fraction of sp³-hybridized carbons (Fsp3) is 0.188. The van der Waals surface area contributed by atoms with E-state index in [0.717, 1.165) is 0 Å². The molecule has 8 nitrogen and oxygen atoms in total. The van der Waals surface area contributed by atoms with Crippen molar-refractivity contribution in [3.8, 4) is 0 Å². The van der Waals surface area contributed by atoms with Crippen molar-refractivity contribution in [1.82, 2.24) is 0 Å². The molecule has 0 bridgehead atoms. The number of nitro benzene ring substituents is 1. The van der Waals surface area contributed by atoms with E-state index < -0.39 is 20.9 Å². The Labute approximate surface area is 144 Å². The quantitative estimate of drug-likeness (QED) is 0.664. The van der Waals surface area contributed by atoms with Crippen LogP contribution in [0.15, 0.2) is 48.5 Å². The Morgan fingerprint density at radius 2 is 1.88 bits per heavy atom. The van der Waals surface area contributed by atoms with Gasteiger partial charge < -0.3 is 5.32 Å². The van der Waals surface area contributed by atoms with Crippen molar-refractivity contribution in [3.63, 3.8) is 0 Å². The van der Waals surface area contributed by atoms with Gasteiger partial charge in [-0.05, 0) is 36.8 Å². The molecule has 0 aliphatic carbocycles. The minimum absolute atomic E-state index is 0.0702. The number of rotatable bonds is 4. The molecule has 1 aliphatic heterocycles. The second kappa shape index (κ2) is 6.52. The molecule has 1 saturated heterocycles. The van der Waals surface area contributed by atoms with Gasteiger partial charge in [0.05, 0.1) is 16.4 Å². The summed E-state index contributed by atoms with van der Waals surface area (Å²) in [5, 5.41) is 13.3. The first-order chi connectivity index (χ1) is 11.9. The molecule has 9 heteroatoms. The standard InChI is InChI=1S/C16H15N3O5S/c20-16(17-13-5-7-14(8-6-13)19(21)22)12-3-1-4-15(11-12)18-9-2-10-25(18,23)24/h1,3-8,11H,2,9-10H2,(H,17,20). The number of hydrogen-bond donors (Lipinski definition) is 1. The Bertz CT molecular complexity index is 925. The van der Waals surface area contributed by atoms with E-state index >= 15 is 0 Å². The number of carbonyl (C=O) groups excluding carboxylic acids is 1. The van der Waals surface area contributed by atoms with Crippen LogP contribution in [0.4, 0.5) is 17.1 Å². The highest BCUT2D eigenvalue weighted by atomic mass is 32.2. The second-order valence-corrected chi connectivity index (χ2v) is 7.56. The highest BCUT2D eigenvalue weighted by Gasteiger charge is 2.28. The number of hydrogen-bond acceptors (Lipinski definition) is 5. The van der Waals surface area contributed by atoms with E-state index in [0.29, 0.717) is 29.9 Å². The summed E-state index contributed by atoms with van der Waals surface area (Å²) in [6.45, 7) is 0.399. The van der Waals surface area contributed by atoms with Gasteiger partial charge in [0.2, 0.25) is 10.0 Å². The molecule has 130 valence electrons. The van der Waals surface area contributed by atoms with Crippen LogP contribution in [0.3, 0.4) is 0 Å². The van der Waals surface area contributed by atoms with Gasteiger partial charge in [-0.25, -0.2) is 8.42 Å². The zero-order valence-electron chi connectivity index (χ0n) is 13.1. The molecule has 25 heavy (non-hydrogen) atoms. The lowest BCUT2D eigenvalue weighted by Crippen LogP contribution is -2.25. The fourth-order valence-corrected chi connectivity index (χ4v) is 4.16. The molecule has 0 aromatic heterocycles. The lowest BCUT2D eigenvalue weighted by molar-refractivity contribution is -0.384. The normalized spacial score (nSPS) is 15.8. The molecule has 0 saturated carbocycles. The Morgan fingerprint density at radius 1 is 1.16 bits per heavy atom. The average Bonchev–Trinajstić information content (AvgIpc) is 2.94. The zero-order chi connectivity index (χ0) is 18.0. The third kappa shape index (κ3) is 3.61. The zero-order valence-corrected chi connectivity index (χ0v) is 13.9. The molecule has 0 unspecified atom stereocenters. The van der Waals surface area contributed by atoms with Gasteiger partial charge in [0.1, 0.15) is 0 Å². The highest BCUT2D eigenvalue weighted by Crippen LogP contribution is 2.25. The molecule has 1 amide bonds. The maximum absolute atomic E-state index is 12.3. The number of nitrogens with one attached hydrogen (secondary N) is 1. The summed E-state index contributed by atoms with van der Waals surface area (Å²) in [6, 6.07) is 11.8. The van der Waals surface area contributed by atoms with Crippen LogP contribution in [0.25, 0.3) is 0 Å². The number of carbonyl (C=O) groups is 1. The molecule has 0 atom stereocenters. The summed E-state index contributed by atoms with van der Waals surface area (Å²) < 4.78 is 25.3. The summed E-state index contributed by atoms with van der Waals surface area (Å²) in [5.74, 6) is -0.320. The van der Waals surface area contributed by atoms with Gasteiger partial charge in [-0.15, -0.1) is 0 Å². The molecule has 2 aromatic rings. The van der Waals surface area contributed by atoms with Crippen molar-refractivity contribution >= 4 is 33.0 Å². The van der Waals surface area contributed by atoms with Gasteiger partial charge in [-0.1, -0.05) is 6.07 Å². The Balaban J connectivity index is 1.79. The summed E-state index contributed by atoms with van der Waals surface area (Å²) in [6.07, 6.45) is 0.557. The first-order valence-corrected chi connectivity index (χ1v) is 9.14. The Hall–Kier alpha value is -2.94. The molecule has 1 fully saturated rings. The topological polar surface area (TPSA) is 110 Å². The summed E-state index contributed by atoms with van der Waals surface area (Å²) in [7, 11) is -3.32. The van der Waals surface area contributed by atoms with Gasteiger partial charge >= 0.3 is 0 Å². The van der Waals surface area contributed by atoms with Gasteiger partial charge in [0.25, 0.3) is 11.6 Å². The van der Waals surface area contributed by atoms with Crippen LogP contribution in [0.5, 0.6) is 0 Å². The van der Waals surface area contributed by atoms with E-state index in [1.54, 1.807) is 18.2 Å². The summed E-state index contributed by atoms with van der Waals surface area (Å²) in [4.78, 5) is 22.5. The van der Waals surface area contributed by atoms with Crippen molar-refractivity contribution in [2.75, 3.05) is 21.9 Å². The third-order valence-corrected chi connectivity index (χ3v) is 5.70. The number of non-ortho nitro benzene ring substituents is 1. The van der Waals surface area contributed by atoms with E-state index in [4.69, 9.17) is 0 Å². The molecule has 3 rings (SSSR count). The SMILES string of the molecule is O=C(Nc1ccc([N+](=O)[O-])cc1)c1cccc(N2CCCS2(=O)=O)c1. The van der Waals surface area contributed by atoms with Crippen LogP contribution in [0, 0.1) is 10.1 Å². The molecular formula is C16H15N3O5S. The molecule has 2 aromatic carbocycles. The maximum atomic E-state index is 12.3. The number of anilines is 2. The molecule has 1 N–H and O–H groups in total. The van der Waals surface area contributed by atoms with Crippen LogP contribution >= 0.6 is 0 Å². The number of nitro groups is 1. The Morgan fingerprint density at radius 3 is 2.48 bits per heavy atom. The molecule has 1 aliphatic rings. The minimum atomic E-state index is -3.32. The first-order valence-electron chi connectivity index (χ1n) is 7.53. The first kappa shape index (κ1) is 16.9.